The van der Waals surface area contributed by atoms with Crippen molar-refractivity contribution in [2.24, 2.45) is 0 Å². The molecule has 0 radical (unpaired) electrons. The third kappa shape index (κ3) is 8.59. The number of ether oxygens (including phenoxy) is 1. The van der Waals surface area contributed by atoms with E-state index in [1.54, 1.807) is 18.2 Å². The molecule has 43 heavy (non-hydrogen) atoms. The Morgan fingerprint density at radius 1 is 0.930 bits per heavy atom. The largest absolute Gasteiger partial charge is 0.495 e. The molecule has 9 heteroatoms. The minimum Gasteiger partial charge on any atom is -0.495 e. The molecule has 1 aliphatic rings. The van der Waals surface area contributed by atoms with E-state index in [1.807, 2.05) is 104 Å². The molecule has 2 unspecified atom stereocenters. The van der Waals surface area contributed by atoms with Crippen molar-refractivity contribution in [1.29, 1.82) is 0 Å². The summed E-state index contributed by atoms with van der Waals surface area (Å²) in [4.78, 5) is 38.9. The Morgan fingerprint density at radius 2 is 1.65 bits per heavy atom. The lowest BCUT2D eigenvalue weighted by Crippen LogP contribution is -2.34. The maximum Gasteiger partial charge on any atom is 0.323 e. The van der Waals surface area contributed by atoms with Gasteiger partial charge in [-0.15, -0.1) is 0 Å². The van der Waals surface area contributed by atoms with Crippen molar-refractivity contribution in [3.63, 3.8) is 0 Å². The molecule has 0 fully saturated rings. The second-order valence-corrected chi connectivity index (χ2v) is 10.2. The lowest BCUT2D eigenvalue weighted by Gasteiger charge is -2.26. The number of carbonyl (C=O) groups excluding carboxylic acids is 2. The average molecular weight is 581 g/mol. The first-order valence-electron chi connectivity index (χ1n) is 13.9. The van der Waals surface area contributed by atoms with E-state index in [9.17, 15) is 19.5 Å². The van der Waals surface area contributed by atoms with E-state index in [2.05, 4.69) is 16.0 Å². The number of aryl methyl sites for hydroxylation is 1. The number of carboxylic acids is 1. The Morgan fingerprint density at radius 3 is 2.37 bits per heavy atom. The Balaban J connectivity index is 1.36. The fraction of sp³-hybridized carbons (Fsp3) is 0.206. The molecule has 3 aromatic carbocycles. The van der Waals surface area contributed by atoms with Gasteiger partial charge in [0.05, 0.1) is 37.7 Å². The predicted molar refractivity (Wildman–Crippen MR) is 168 cm³/mol. The Kier molecular flexibility index (Phi) is 10.4. The fourth-order valence-corrected chi connectivity index (χ4v) is 4.76. The third-order valence-electron chi connectivity index (χ3n) is 7.05. The molecule has 222 valence electrons. The van der Waals surface area contributed by atoms with Gasteiger partial charge in [0.25, 0.3) is 0 Å². The van der Waals surface area contributed by atoms with Crippen LogP contribution in [0.5, 0.6) is 5.75 Å². The van der Waals surface area contributed by atoms with Crippen molar-refractivity contribution < 1.29 is 24.2 Å². The van der Waals surface area contributed by atoms with Crippen LogP contribution in [0.4, 0.5) is 16.2 Å². The van der Waals surface area contributed by atoms with Gasteiger partial charge in [-0.3, -0.25) is 9.59 Å². The predicted octanol–water partition coefficient (Wildman–Crippen LogP) is 6.18. The summed E-state index contributed by atoms with van der Waals surface area (Å²) in [5.41, 5.74) is 4.62. The SMILES string of the molecule is COc1cc(CC(=O)NC(C)C2=CC=CN(C(CC(=O)O)c3ccccc3)C=C2)ccc1NC(=O)Nc1ccccc1C. The van der Waals surface area contributed by atoms with E-state index < -0.39 is 12.0 Å². The standard InChI is InChI=1S/C34H36N4O5/c1-23-10-7-8-14-28(23)36-34(42)37-29-16-15-25(20-31(29)43-3)21-32(39)35-24(2)26-13-9-18-38(19-17-26)30(22-33(40)41)27-11-5-4-6-12-27/h4-20,24,30H,21-22H2,1-3H3,(H,35,39)(H,40,41)(H2,36,37,42). The summed E-state index contributed by atoms with van der Waals surface area (Å²) in [7, 11) is 1.51. The van der Waals surface area contributed by atoms with E-state index in [0.717, 1.165) is 22.3 Å². The molecule has 0 saturated carbocycles. The van der Waals surface area contributed by atoms with Crippen LogP contribution in [-0.2, 0) is 16.0 Å². The molecule has 4 N–H and O–H groups in total. The van der Waals surface area contributed by atoms with Gasteiger partial charge in [-0.25, -0.2) is 4.79 Å². The minimum absolute atomic E-state index is 0.0601. The molecule has 0 saturated heterocycles. The normalized spacial score (nSPS) is 13.7. The van der Waals surface area contributed by atoms with Crippen LogP contribution in [0.2, 0.25) is 0 Å². The highest BCUT2D eigenvalue weighted by Crippen LogP contribution is 2.28. The van der Waals surface area contributed by atoms with Crippen LogP contribution >= 0.6 is 0 Å². The number of carbonyl (C=O) groups is 3. The number of amides is 3. The number of hydrogen-bond donors (Lipinski definition) is 4. The van der Waals surface area contributed by atoms with Gasteiger partial charge >= 0.3 is 12.0 Å². The second kappa shape index (κ2) is 14.5. The van der Waals surface area contributed by atoms with Gasteiger partial charge in [0, 0.05) is 18.1 Å². The van der Waals surface area contributed by atoms with Crippen LogP contribution in [-0.4, -0.2) is 41.1 Å². The second-order valence-electron chi connectivity index (χ2n) is 10.2. The number of urea groups is 1. The van der Waals surface area contributed by atoms with Crippen molar-refractivity contribution >= 4 is 29.3 Å². The van der Waals surface area contributed by atoms with Crippen molar-refractivity contribution in [3.8, 4) is 5.75 Å². The van der Waals surface area contributed by atoms with Crippen LogP contribution < -0.4 is 20.7 Å². The average Bonchev–Trinajstić information content (AvgIpc) is 3.24. The van der Waals surface area contributed by atoms with Crippen molar-refractivity contribution in [3.05, 3.63) is 126 Å². The highest BCUT2D eigenvalue weighted by Gasteiger charge is 2.21. The summed E-state index contributed by atoms with van der Waals surface area (Å²) in [5, 5.41) is 18.1. The van der Waals surface area contributed by atoms with Crippen LogP contribution in [0.1, 0.15) is 36.1 Å². The van der Waals surface area contributed by atoms with Gasteiger partial charge in [-0.1, -0.05) is 60.7 Å². The van der Waals surface area contributed by atoms with Crippen LogP contribution in [0, 0.1) is 6.92 Å². The van der Waals surface area contributed by atoms with Gasteiger partial charge in [0.1, 0.15) is 5.75 Å². The monoisotopic (exact) mass is 580 g/mol. The van der Waals surface area contributed by atoms with Gasteiger partial charge in [-0.2, -0.15) is 0 Å². The number of methoxy groups -OCH3 is 1. The summed E-state index contributed by atoms with van der Waals surface area (Å²) < 4.78 is 5.48. The van der Waals surface area contributed by atoms with Crippen molar-refractivity contribution in [2.75, 3.05) is 17.7 Å². The van der Waals surface area contributed by atoms with E-state index >= 15 is 0 Å². The van der Waals surface area contributed by atoms with E-state index in [0.29, 0.717) is 17.1 Å². The Labute approximate surface area is 251 Å². The van der Waals surface area contributed by atoms with Crippen molar-refractivity contribution in [1.82, 2.24) is 10.2 Å². The first-order valence-corrected chi connectivity index (χ1v) is 13.9. The number of aliphatic carboxylic acids is 1. The number of allylic oxidation sites excluding steroid dienone is 2. The highest BCUT2D eigenvalue weighted by atomic mass is 16.5. The van der Waals surface area contributed by atoms with Crippen molar-refractivity contribution in [2.45, 2.75) is 38.8 Å². The maximum atomic E-state index is 13.0. The number of para-hydroxylation sites is 1. The third-order valence-corrected chi connectivity index (χ3v) is 7.05. The van der Waals surface area contributed by atoms with Crippen LogP contribution in [0.15, 0.2) is 109 Å². The zero-order valence-electron chi connectivity index (χ0n) is 24.4. The highest BCUT2D eigenvalue weighted by molar-refractivity contribution is 6.01. The zero-order valence-corrected chi connectivity index (χ0v) is 24.4. The molecule has 3 amide bonds. The zero-order chi connectivity index (χ0) is 30.8. The molecule has 9 nitrogen and oxygen atoms in total. The molecular formula is C34H36N4O5. The van der Waals surface area contributed by atoms with Gasteiger partial charge in [0.15, 0.2) is 0 Å². The first kappa shape index (κ1) is 30.6. The van der Waals surface area contributed by atoms with Gasteiger partial charge in [-0.05, 0) is 66.5 Å². The molecule has 0 spiro atoms. The lowest BCUT2D eigenvalue weighted by atomic mass is 10.0. The summed E-state index contributed by atoms with van der Waals surface area (Å²) in [6.45, 7) is 3.80. The lowest BCUT2D eigenvalue weighted by molar-refractivity contribution is -0.138. The maximum absolute atomic E-state index is 13.0. The number of hydrogen-bond acceptors (Lipinski definition) is 5. The molecular weight excluding hydrogens is 544 g/mol. The van der Waals surface area contributed by atoms with Crippen LogP contribution in [0.25, 0.3) is 0 Å². The summed E-state index contributed by atoms with van der Waals surface area (Å²) in [5.74, 6) is -0.632. The van der Waals surface area contributed by atoms with E-state index in [1.165, 1.54) is 7.11 Å². The van der Waals surface area contributed by atoms with E-state index in [4.69, 9.17) is 4.74 Å². The molecule has 2 atom stereocenters. The minimum atomic E-state index is -0.889. The Hall–Kier alpha value is -5.31. The van der Waals surface area contributed by atoms with E-state index in [-0.39, 0.29) is 30.8 Å². The fourth-order valence-electron chi connectivity index (χ4n) is 4.76. The summed E-state index contributed by atoms with van der Waals surface area (Å²) in [6, 6.07) is 21.1. The number of carboxylic acid groups (broad SMARTS) is 1. The topological polar surface area (TPSA) is 120 Å². The quantitative estimate of drug-likeness (QED) is 0.215. The molecule has 4 rings (SSSR count). The summed E-state index contributed by atoms with van der Waals surface area (Å²) in [6.07, 6.45) is 9.36. The smallest absolute Gasteiger partial charge is 0.323 e. The molecule has 3 aromatic rings. The molecule has 0 aliphatic carbocycles. The molecule has 0 aromatic heterocycles. The van der Waals surface area contributed by atoms with Gasteiger partial charge < -0.3 is 30.7 Å². The number of anilines is 2. The van der Waals surface area contributed by atoms with Gasteiger partial charge in [0.2, 0.25) is 5.91 Å². The number of nitrogens with one attached hydrogen (secondary N) is 3. The summed E-state index contributed by atoms with van der Waals surface area (Å²) >= 11 is 0. The molecule has 1 heterocycles. The molecule has 1 aliphatic heterocycles. The van der Waals surface area contributed by atoms with Crippen LogP contribution in [0.3, 0.4) is 0 Å². The number of nitrogens with zero attached hydrogens (tertiary/aromatic N) is 1. The number of benzene rings is 3. The Bertz CT molecular complexity index is 1550. The first-order chi connectivity index (χ1) is 20.7. The number of rotatable bonds is 11. The molecule has 0 bridgehead atoms.